The van der Waals surface area contributed by atoms with E-state index in [-0.39, 0.29) is 0 Å². The standard InChI is InChI=1S/2C12H11N3O2/c2*1-8-14-6-11(7-15-8)9-3-10(5-13-4-9)12(16)17-2/h2*3-7H,1-2H3. The van der Waals surface area contributed by atoms with Gasteiger partial charge in [0.05, 0.1) is 25.3 Å². The summed E-state index contributed by atoms with van der Waals surface area (Å²) in [5.41, 5.74) is 4.01. The number of carbonyl (C=O) groups is 2. The minimum atomic E-state index is -0.410. The number of nitrogens with zero attached hydrogens (tertiary/aromatic N) is 6. The van der Waals surface area contributed by atoms with Gasteiger partial charge in [-0.1, -0.05) is 0 Å². The molecule has 0 amide bonds. The van der Waals surface area contributed by atoms with Gasteiger partial charge in [-0.25, -0.2) is 29.5 Å². The number of rotatable bonds is 4. The maximum atomic E-state index is 11.4. The molecule has 0 bridgehead atoms. The molecule has 0 spiro atoms. The molecule has 0 aliphatic rings. The predicted octanol–water partition coefficient (Wildman–Crippen LogP) is 3.27. The van der Waals surface area contributed by atoms with E-state index in [0.717, 1.165) is 22.3 Å². The van der Waals surface area contributed by atoms with Crippen molar-refractivity contribution in [2.24, 2.45) is 0 Å². The van der Waals surface area contributed by atoms with E-state index < -0.39 is 11.9 Å². The fourth-order valence-corrected chi connectivity index (χ4v) is 2.74. The van der Waals surface area contributed by atoms with Crippen molar-refractivity contribution in [2.75, 3.05) is 14.2 Å². The molecule has 0 saturated heterocycles. The highest BCUT2D eigenvalue weighted by Gasteiger charge is 2.09. The molecule has 0 aliphatic heterocycles. The third-order valence-electron chi connectivity index (χ3n) is 4.55. The van der Waals surface area contributed by atoms with Crippen LogP contribution in [0.15, 0.2) is 61.7 Å². The largest absolute Gasteiger partial charge is 0.465 e. The van der Waals surface area contributed by atoms with Crippen molar-refractivity contribution in [3.05, 3.63) is 84.5 Å². The smallest absolute Gasteiger partial charge is 0.339 e. The molecule has 4 aromatic heterocycles. The first-order chi connectivity index (χ1) is 16.4. The number of hydrogen-bond donors (Lipinski definition) is 0. The number of ether oxygens (including phenoxy) is 2. The molecule has 4 aromatic rings. The Morgan fingerprint density at radius 2 is 0.912 bits per heavy atom. The zero-order chi connectivity index (χ0) is 24.5. The highest BCUT2D eigenvalue weighted by Crippen LogP contribution is 2.19. The molecule has 4 rings (SSSR count). The maximum absolute atomic E-state index is 11.4. The van der Waals surface area contributed by atoms with Gasteiger partial charge in [-0.2, -0.15) is 0 Å². The molecule has 34 heavy (non-hydrogen) atoms. The van der Waals surface area contributed by atoms with Crippen molar-refractivity contribution >= 4 is 11.9 Å². The molecule has 4 heterocycles. The topological polar surface area (TPSA) is 130 Å². The Morgan fingerprint density at radius 3 is 1.24 bits per heavy atom. The lowest BCUT2D eigenvalue weighted by Crippen LogP contribution is -2.02. The van der Waals surface area contributed by atoms with Gasteiger partial charge >= 0.3 is 11.9 Å². The van der Waals surface area contributed by atoms with Crippen molar-refractivity contribution in [1.29, 1.82) is 0 Å². The minimum Gasteiger partial charge on any atom is -0.465 e. The first-order valence-electron chi connectivity index (χ1n) is 10.1. The predicted molar refractivity (Wildman–Crippen MR) is 123 cm³/mol. The number of hydrogen-bond acceptors (Lipinski definition) is 10. The molecule has 0 unspecified atom stereocenters. The summed E-state index contributed by atoms with van der Waals surface area (Å²) in [4.78, 5) is 47.1. The number of pyridine rings is 2. The van der Waals surface area contributed by atoms with Gasteiger partial charge in [0, 0.05) is 71.8 Å². The van der Waals surface area contributed by atoms with Crippen LogP contribution in [-0.4, -0.2) is 56.1 Å². The highest BCUT2D eigenvalue weighted by atomic mass is 16.5. The molecule has 172 valence electrons. The first kappa shape index (κ1) is 24.1. The lowest BCUT2D eigenvalue weighted by molar-refractivity contribution is 0.0591. The molecule has 0 saturated carbocycles. The van der Waals surface area contributed by atoms with Crippen LogP contribution in [0, 0.1) is 13.8 Å². The van der Waals surface area contributed by atoms with Crippen molar-refractivity contribution in [2.45, 2.75) is 13.8 Å². The lowest BCUT2D eigenvalue weighted by atomic mass is 10.1. The van der Waals surface area contributed by atoms with Crippen LogP contribution < -0.4 is 0 Å². The SMILES string of the molecule is COC(=O)c1cncc(-c2cnc(C)nc2)c1.COC(=O)c1cncc(-c2cnc(C)nc2)c1. The summed E-state index contributed by atoms with van der Waals surface area (Å²) in [7, 11) is 2.67. The molecule has 0 fully saturated rings. The molecule has 0 radical (unpaired) electrons. The van der Waals surface area contributed by atoms with Crippen LogP contribution >= 0.6 is 0 Å². The van der Waals surface area contributed by atoms with Gasteiger partial charge in [-0.15, -0.1) is 0 Å². The summed E-state index contributed by atoms with van der Waals surface area (Å²) < 4.78 is 9.27. The number of methoxy groups -OCH3 is 2. The summed E-state index contributed by atoms with van der Waals surface area (Å²) >= 11 is 0. The second-order valence-electron chi connectivity index (χ2n) is 6.95. The van der Waals surface area contributed by atoms with Crippen LogP contribution in [-0.2, 0) is 9.47 Å². The molecule has 0 aromatic carbocycles. The normalized spacial score (nSPS) is 10.0. The third-order valence-corrected chi connectivity index (χ3v) is 4.55. The summed E-state index contributed by atoms with van der Waals surface area (Å²) in [6.07, 6.45) is 13.0. The Kier molecular flexibility index (Phi) is 8.01. The molecule has 10 heteroatoms. The van der Waals surface area contributed by atoms with Gasteiger partial charge in [0.15, 0.2) is 0 Å². The summed E-state index contributed by atoms with van der Waals surface area (Å²) in [5, 5.41) is 0. The summed E-state index contributed by atoms with van der Waals surface area (Å²) in [6, 6.07) is 3.40. The lowest BCUT2D eigenvalue weighted by Gasteiger charge is -2.03. The summed E-state index contributed by atoms with van der Waals surface area (Å²) in [6.45, 7) is 3.62. The molecular weight excluding hydrogens is 436 g/mol. The van der Waals surface area contributed by atoms with Gasteiger partial charge in [0.1, 0.15) is 11.6 Å². The van der Waals surface area contributed by atoms with Gasteiger partial charge in [0.2, 0.25) is 0 Å². The van der Waals surface area contributed by atoms with E-state index in [0.29, 0.717) is 22.8 Å². The van der Waals surface area contributed by atoms with Crippen LogP contribution in [0.3, 0.4) is 0 Å². The maximum Gasteiger partial charge on any atom is 0.339 e. The van der Waals surface area contributed by atoms with E-state index in [9.17, 15) is 9.59 Å². The summed E-state index contributed by atoms with van der Waals surface area (Å²) in [5.74, 6) is 0.580. The quantitative estimate of drug-likeness (QED) is 0.420. The van der Waals surface area contributed by atoms with Gasteiger partial charge in [0.25, 0.3) is 0 Å². The van der Waals surface area contributed by atoms with Crippen LogP contribution in [0.1, 0.15) is 32.4 Å². The van der Waals surface area contributed by atoms with E-state index in [1.165, 1.54) is 26.6 Å². The molecule has 0 N–H and O–H groups in total. The van der Waals surface area contributed by atoms with E-state index in [1.54, 1.807) is 49.3 Å². The van der Waals surface area contributed by atoms with Crippen molar-refractivity contribution in [1.82, 2.24) is 29.9 Å². The third kappa shape index (κ3) is 6.22. The fourth-order valence-electron chi connectivity index (χ4n) is 2.74. The van der Waals surface area contributed by atoms with E-state index >= 15 is 0 Å². The van der Waals surface area contributed by atoms with Crippen molar-refractivity contribution in [3.63, 3.8) is 0 Å². The van der Waals surface area contributed by atoms with Crippen molar-refractivity contribution in [3.8, 4) is 22.3 Å². The van der Waals surface area contributed by atoms with Gasteiger partial charge in [-0.3, -0.25) is 9.97 Å². The van der Waals surface area contributed by atoms with Crippen LogP contribution in [0.25, 0.3) is 22.3 Å². The Balaban J connectivity index is 0.000000191. The molecule has 0 atom stereocenters. The minimum absolute atomic E-state index is 0.408. The van der Waals surface area contributed by atoms with E-state index in [1.807, 2.05) is 13.8 Å². The molecule has 0 aliphatic carbocycles. The Morgan fingerprint density at radius 1 is 0.559 bits per heavy atom. The molecular formula is C24H22N6O4. The second kappa shape index (κ2) is 11.3. The monoisotopic (exact) mass is 458 g/mol. The number of esters is 2. The first-order valence-corrected chi connectivity index (χ1v) is 10.1. The number of aryl methyl sites for hydroxylation is 2. The zero-order valence-electron chi connectivity index (χ0n) is 19.1. The number of carbonyl (C=O) groups excluding carboxylic acids is 2. The average Bonchev–Trinajstić information content (AvgIpc) is 2.89. The zero-order valence-corrected chi connectivity index (χ0v) is 19.1. The van der Waals surface area contributed by atoms with Crippen molar-refractivity contribution < 1.29 is 19.1 Å². The van der Waals surface area contributed by atoms with Crippen LogP contribution in [0.5, 0.6) is 0 Å². The highest BCUT2D eigenvalue weighted by molar-refractivity contribution is 5.91. The average molecular weight is 458 g/mol. The Hall–Kier alpha value is -4.60. The van der Waals surface area contributed by atoms with Gasteiger partial charge in [-0.05, 0) is 26.0 Å². The number of aromatic nitrogens is 6. The fraction of sp³-hybridized carbons (Fsp3) is 0.167. The molecule has 10 nitrogen and oxygen atoms in total. The van der Waals surface area contributed by atoms with E-state index in [4.69, 9.17) is 0 Å². The second-order valence-corrected chi connectivity index (χ2v) is 6.95. The Bertz CT molecular complexity index is 1180. The van der Waals surface area contributed by atoms with Gasteiger partial charge < -0.3 is 9.47 Å². The Labute approximate surface area is 196 Å². The van der Waals surface area contributed by atoms with E-state index in [2.05, 4.69) is 39.4 Å². The van der Waals surface area contributed by atoms with Crippen LogP contribution in [0.2, 0.25) is 0 Å². The van der Waals surface area contributed by atoms with Crippen LogP contribution in [0.4, 0.5) is 0 Å².